The van der Waals surface area contributed by atoms with Gasteiger partial charge in [0.05, 0.1) is 6.42 Å². The maximum atomic E-state index is 12.6. The SMILES string of the molecule is CC(=O)C1=CC[C@H]2[C@@H]3CC[C@H]4C[C@@H](OC(=O)CCN5CCCCC5)CC[C@]4(C)[C@H]3CC[C@]12C. The Hall–Kier alpha value is -1.16. The summed E-state index contributed by atoms with van der Waals surface area (Å²) in [6.07, 6.45) is 16.2. The average Bonchev–Trinajstić information content (AvgIpc) is 3.16. The summed E-state index contributed by atoms with van der Waals surface area (Å²) in [5, 5.41) is 0. The third-order valence-electron chi connectivity index (χ3n) is 11.0. The first-order valence-electron chi connectivity index (χ1n) is 13.9. The van der Waals surface area contributed by atoms with E-state index in [0.717, 1.165) is 56.3 Å². The van der Waals surface area contributed by atoms with Gasteiger partial charge in [-0.05, 0) is 124 Å². The highest BCUT2D eigenvalue weighted by molar-refractivity contribution is 5.95. The number of Topliss-reactive ketones (excluding diaryl/α,β-unsaturated/α-hetero) is 1. The monoisotopic (exact) mass is 455 g/mol. The molecule has 0 aromatic rings. The Morgan fingerprint density at radius 3 is 2.58 bits per heavy atom. The summed E-state index contributed by atoms with van der Waals surface area (Å²) < 4.78 is 6.03. The molecule has 7 atom stereocenters. The molecule has 4 aliphatic carbocycles. The van der Waals surface area contributed by atoms with Crippen molar-refractivity contribution >= 4 is 11.8 Å². The topological polar surface area (TPSA) is 46.6 Å². The van der Waals surface area contributed by atoms with Crippen LogP contribution < -0.4 is 0 Å². The van der Waals surface area contributed by atoms with Crippen molar-refractivity contribution in [3.63, 3.8) is 0 Å². The van der Waals surface area contributed by atoms with E-state index in [1.54, 1.807) is 6.92 Å². The van der Waals surface area contributed by atoms with E-state index >= 15 is 0 Å². The van der Waals surface area contributed by atoms with Crippen LogP contribution >= 0.6 is 0 Å². The molecule has 1 heterocycles. The standard InChI is InChI=1S/C29H45NO3/c1-20(31)24-9-10-25-23-8-7-21-19-22(33-27(32)13-18-30-16-5-4-6-17-30)11-14-28(21,2)26(23)12-15-29(24,25)3/h9,21-23,25-26H,4-8,10-19H2,1-3H3/t21-,22-,23-,25-,26-,28-,29+/m0/s1. The van der Waals surface area contributed by atoms with Crippen molar-refractivity contribution in [2.75, 3.05) is 19.6 Å². The van der Waals surface area contributed by atoms with E-state index in [1.165, 1.54) is 51.4 Å². The number of allylic oxidation sites excluding steroid dienone is 2. The van der Waals surface area contributed by atoms with Crippen LogP contribution in [0.1, 0.15) is 97.8 Å². The van der Waals surface area contributed by atoms with E-state index in [4.69, 9.17) is 4.74 Å². The summed E-state index contributed by atoms with van der Waals surface area (Å²) >= 11 is 0. The zero-order valence-corrected chi connectivity index (χ0v) is 21.2. The summed E-state index contributed by atoms with van der Waals surface area (Å²) in [5.41, 5.74) is 1.61. The molecule has 4 fully saturated rings. The van der Waals surface area contributed by atoms with Crippen molar-refractivity contribution in [3.05, 3.63) is 11.6 Å². The lowest BCUT2D eigenvalue weighted by molar-refractivity contribution is -0.161. The molecule has 1 aliphatic heterocycles. The molecular formula is C29H45NO3. The smallest absolute Gasteiger partial charge is 0.307 e. The first-order chi connectivity index (χ1) is 15.8. The first-order valence-corrected chi connectivity index (χ1v) is 13.9. The van der Waals surface area contributed by atoms with Gasteiger partial charge in [-0.2, -0.15) is 0 Å². The van der Waals surface area contributed by atoms with Crippen LogP contribution in [0.25, 0.3) is 0 Å². The molecule has 0 bridgehead atoms. The molecule has 5 aliphatic rings. The second-order valence-electron chi connectivity index (χ2n) is 12.6. The summed E-state index contributed by atoms with van der Waals surface area (Å²) in [4.78, 5) is 27.3. The summed E-state index contributed by atoms with van der Waals surface area (Å²) in [6, 6.07) is 0. The number of ketones is 1. The molecule has 0 N–H and O–H groups in total. The van der Waals surface area contributed by atoms with Gasteiger partial charge >= 0.3 is 5.97 Å². The van der Waals surface area contributed by atoms with Crippen molar-refractivity contribution in [2.24, 2.45) is 34.5 Å². The molecule has 1 saturated heterocycles. The van der Waals surface area contributed by atoms with E-state index < -0.39 is 0 Å². The molecule has 3 saturated carbocycles. The lowest BCUT2D eigenvalue weighted by atomic mass is 9.44. The highest BCUT2D eigenvalue weighted by atomic mass is 16.5. The number of carbonyl (C=O) groups excluding carboxylic acids is 2. The summed E-state index contributed by atoms with van der Waals surface area (Å²) in [6.45, 7) is 9.85. The fourth-order valence-corrected chi connectivity index (χ4v) is 9.12. The number of rotatable bonds is 5. The Labute approximate surface area is 200 Å². The van der Waals surface area contributed by atoms with E-state index in [-0.39, 0.29) is 17.5 Å². The van der Waals surface area contributed by atoms with Gasteiger partial charge in [0.2, 0.25) is 0 Å². The van der Waals surface area contributed by atoms with Crippen LogP contribution in [0.2, 0.25) is 0 Å². The number of carbonyl (C=O) groups is 2. The molecule has 33 heavy (non-hydrogen) atoms. The van der Waals surface area contributed by atoms with Crippen molar-refractivity contribution in [1.29, 1.82) is 0 Å². The predicted octanol–water partition coefficient (Wildman–Crippen LogP) is 5.94. The van der Waals surface area contributed by atoms with E-state index in [9.17, 15) is 9.59 Å². The van der Waals surface area contributed by atoms with Crippen LogP contribution in [0, 0.1) is 34.5 Å². The minimum absolute atomic E-state index is 0.0186. The van der Waals surface area contributed by atoms with E-state index in [0.29, 0.717) is 29.5 Å². The first kappa shape index (κ1) is 23.6. The van der Waals surface area contributed by atoms with Crippen molar-refractivity contribution in [1.82, 2.24) is 4.90 Å². The highest BCUT2D eigenvalue weighted by Crippen LogP contribution is 2.66. The summed E-state index contributed by atoms with van der Waals surface area (Å²) in [5.74, 6) is 3.16. The molecule has 5 rings (SSSR count). The van der Waals surface area contributed by atoms with Gasteiger partial charge < -0.3 is 9.64 Å². The lowest BCUT2D eigenvalue weighted by Gasteiger charge is -2.60. The molecule has 0 spiro atoms. The average molecular weight is 456 g/mol. The maximum Gasteiger partial charge on any atom is 0.307 e. The minimum Gasteiger partial charge on any atom is -0.462 e. The van der Waals surface area contributed by atoms with Gasteiger partial charge in [-0.1, -0.05) is 26.3 Å². The second kappa shape index (κ2) is 9.13. The molecule has 0 aromatic heterocycles. The molecule has 4 nitrogen and oxygen atoms in total. The quantitative estimate of drug-likeness (QED) is 0.481. The third kappa shape index (κ3) is 4.23. The van der Waals surface area contributed by atoms with Crippen LogP contribution in [-0.4, -0.2) is 42.4 Å². The number of hydrogen-bond acceptors (Lipinski definition) is 4. The number of fused-ring (bicyclic) bond motifs is 5. The highest BCUT2D eigenvalue weighted by Gasteiger charge is 2.59. The molecule has 0 unspecified atom stereocenters. The second-order valence-corrected chi connectivity index (χ2v) is 12.6. The number of hydrogen-bond donors (Lipinski definition) is 0. The lowest BCUT2D eigenvalue weighted by Crippen LogP contribution is -2.54. The van der Waals surface area contributed by atoms with Crippen molar-refractivity contribution < 1.29 is 14.3 Å². The Morgan fingerprint density at radius 2 is 1.82 bits per heavy atom. The third-order valence-corrected chi connectivity index (χ3v) is 11.0. The number of piperidine rings is 1. The molecule has 184 valence electrons. The van der Waals surface area contributed by atoms with Crippen LogP contribution in [-0.2, 0) is 14.3 Å². The maximum absolute atomic E-state index is 12.6. The Morgan fingerprint density at radius 1 is 1.03 bits per heavy atom. The van der Waals surface area contributed by atoms with Gasteiger partial charge in [0.25, 0.3) is 0 Å². The molecule has 0 radical (unpaired) electrons. The largest absolute Gasteiger partial charge is 0.462 e. The van der Waals surface area contributed by atoms with Gasteiger partial charge in [-0.15, -0.1) is 0 Å². The zero-order chi connectivity index (χ0) is 23.2. The Balaban J connectivity index is 1.18. The normalized spacial score (nSPS) is 43.1. The van der Waals surface area contributed by atoms with E-state index in [2.05, 4.69) is 24.8 Å². The fourth-order valence-electron chi connectivity index (χ4n) is 9.12. The molecular weight excluding hydrogens is 410 g/mol. The van der Waals surface area contributed by atoms with Gasteiger partial charge in [0, 0.05) is 6.54 Å². The van der Waals surface area contributed by atoms with Crippen molar-refractivity contribution in [2.45, 2.75) is 104 Å². The van der Waals surface area contributed by atoms with Crippen LogP contribution in [0.15, 0.2) is 11.6 Å². The fraction of sp³-hybridized carbons (Fsp3) is 0.862. The van der Waals surface area contributed by atoms with Crippen LogP contribution in [0.5, 0.6) is 0 Å². The van der Waals surface area contributed by atoms with Crippen molar-refractivity contribution in [3.8, 4) is 0 Å². The Kier molecular flexibility index (Phi) is 6.52. The minimum atomic E-state index is 0.0186. The number of likely N-dealkylation sites (tertiary alicyclic amines) is 1. The summed E-state index contributed by atoms with van der Waals surface area (Å²) in [7, 11) is 0. The van der Waals surface area contributed by atoms with Crippen LogP contribution in [0.3, 0.4) is 0 Å². The van der Waals surface area contributed by atoms with Gasteiger partial charge in [0.1, 0.15) is 6.10 Å². The Bertz CT molecular complexity index is 799. The molecule has 0 aromatic carbocycles. The zero-order valence-electron chi connectivity index (χ0n) is 21.2. The molecule has 4 heteroatoms. The number of esters is 1. The van der Waals surface area contributed by atoms with Gasteiger partial charge in [-0.3, -0.25) is 9.59 Å². The number of nitrogens with zero attached hydrogens (tertiary/aromatic N) is 1. The number of ether oxygens (including phenoxy) is 1. The molecule has 0 amide bonds. The van der Waals surface area contributed by atoms with Crippen LogP contribution in [0.4, 0.5) is 0 Å². The van der Waals surface area contributed by atoms with Gasteiger partial charge in [0.15, 0.2) is 5.78 Å². The van der Waals surface area contributed by atoms with E-state index in [1.807, 2.05) is 0 Å². The predicted molar refractivity (Wildman–Crippen MR) is 131 cm³/mol. The van der Waals surface area contributed by atoms with Gasteiger partial charge in [-0.25, -0.2) is 0 Å².